The molecule has 0 radical (unpaired) electrons. The van der Waals surface area contributed by atoms with Crippen molar-refractivity contribution >= 4 is 0 Å². The van der Waals surface area contributed by atoms with Gasteiger partial charge in [0.25, 0.3) is 0 Å². The van der Waals surface area contributed by atoms with Gasteiger partial charge >= 0.3 is 0 Å². The van der Waals surface area contributed by atoms with Crippen LogP contribution in [0.1, 0.15) is 50.5 Å². The van der Waals surface area contributed by atoms with Crippen LogP contribution in [0.15, 0.2) is 30.3 Å². The highest BCUT2D eigenvalue weighted by atomic mass is 16.5. The molecule has 0 amide bonds. The molecule has 0 saturated carbocycles. The zero-order valence-corrected chi connectivity index (χ0v) is 12.3. The molecule has 3 unspecified atom stereocenters. The molecule has 2 rings (SSSR count). The third kappa shape index (κ3) is 4.32. The topological polar surface area (TPSA) is 21.3 Å². The molecule has 0 aliphatic carbocycles. The first kappa shape index (κ1) is 14.5. The molecule has 0 spiro atoms. The predicted octanol–water partition coefficient (Wildman–Crippen LogP) is 3.73. The highest BCUT2D eigenvalue weighted by molar-refractivity contribution is 5.20. The summed E-state index contributed by atoms with van der Waals surface area (Å²) in [6.07, 6.45) is 6.75. The fourth-order valence-electron chi connectivity index (χ4n) is 3.07. The van der Waals surface area contributed by atoms with E-state index < -0.39 is 0 Å². The van der Waals surface area contributed by atoms with Gasteiger partial charge in [0.1, 0.15) is 0 Å². The first-order valence-electron chi connectivity index (χ1n) is 7.65. The second-order valence-electron chi connectivity index (χ2n) is 5.66. The summed E-state index contributed by atoms with van der Waals surface area (Å²) in [4.78, 5) is 0. The summed E-state index contributed by atoms with van der Waals surface area (Å²) in [6, 6.07) is 11.4. The van der Waals surface area contributed by atoms with Gasteiger partial charge in [0, 0.05) is 12.6 Å². The van der Waals surface area contributed by atoms with Crippen LogP contribution in [0, 0.1) is 0 Å². The SMILES string of the molecule is CNC(CCCC1CCCO1)C(C)c1ccccc1. The van der Waals surface area contributed by atoms with Crippen molar-refractivity contribution in [1.82, 2.24) is 5.32 Å². The molecular weight excluding hydrogens is 234 g/mol. The number of rotatable bonds is 7. The van der Waals surface area contributed by atoms with Crippen molar-refractivity contribution in [1.29, 1.82) is 0 Å². The van der Waals surface area contributed by atoms with Crippen LogP contribution in [0.2, 0.25) is 0 Å². The Hall–Kier alpha value is -0.860. The summed E-state index contributed by atoms with van der Waals surface area (Å²) in [7, 11) is 2.08. The fraction of sp³-hybridized carbons (Fsp3) is 0.647. The average Bonchev–Trinajstić information content (AvgIpc) is 2.97. The van der Waals surface area contributed by atoms with Crippen LogP contribution in [-0.4, -0.2) is 25.8 Å². The normalized spacial score (nSPS) is 22.3. The quantitative estimate of drug-likeness (QED) is 0.807. The summed E-state index contributed by atoms with van der Waals surface area (Å²) in [5.41, 5.74) is 1.43. The summed E-state index contributed by atoms with van der Waals surface area (Å²) < 4.78 is 5.69. The van der Waals surface area contributed by atoms with E-state index in [-0.39, 0.29) is 0 Å². The molecule has 1 aromatic carbocycles. The number of benzene rings is 1. The molecule has 0 bridgehead atoms. The molecule has 1 aromatic rings. The maximum atomic E-state index is 5.69. The summed E-state index contributed by atoms with van der Waals surface area (Å²) in [6.45, 7) is 3.29. The van der Waals surface area contributed by atoms with Gasteiger partial charge in [0.2, 0.25) is 0 Å². The Morgan fingerprint density at radius 3 is 2.74 bits per heavy atom. The third-order valence-corrected chi connectivity index (χ3v) is 4.36. The first-order valence-corrected chi connectivity index (χ1v) is 7.65. The van der Waals surface area contributed by atoms with E-state index in [0.717, 1.165) is 6.61 Å². The minimum Gasteiger partial charge on any atom is -0.378 e. The van der Waals surface area contributed by atoms with Crippen molar-refractivity contribution in [2.75, 3.05) is 13.7 Å². The average molecular weight is 261 g/mol. The fourth-order valence-corrected chi connectivity index (χ4v) is 3.07. The van der Waals surface area contributed by atoms with Crippen LogP contribution in [0.5, 0.6) is 0 Å². The minimum atomic E-state index is 0.532. The van der Waals surface area contributed by atoms with Gasteiger partial charge < -0.3 is 10.1 Å². The Labute approximate surface area is 117 Å². The number of ether oxygens (including phenoxy) is 1. The number of nitrogens with one attached hydrogen (secondary N) is 1. The maximum absolute atomic E-state index is 5.69. The van der Waals surface area contributed by atoms with Gasteiger partial charge in [-0.1, -0.05) is 37.3 Å². The number of hydrogen-bond donors (Lipinski definition) is 1. The van der Waals surface area contributed by atoms with Gasteiger partial charge in [-0.2, -0.15) is 0 Å². The Morgan fingerprint density at radius 2 is 2.11 bits per heavy atom. The maximum Gasteiger partial charge on any atom is 0.0576 e. The van der Waals surface area contributed by atoms with E-state index in [1.165, 1.54) is 37.7 Å². The highest BCUT2D eigenvalue weighted by Crippen LogP contribution is 2.24. The van der Waals surface area contributed by atoms with Crippen LogP contribution in [0.3, 0.4) is 0 Å². The van der Waals surface area contributed by atoms with E-state index in [0.29, 0.717) is 18.1 Å². The zero-order chi connectivity index (χ0) is 13.5. The number of likely N-dealkylation sites (N-methyl/N-ethyl adjacent to an activating group) is 1. The molecule has 106 valence electrons. The lowest BCUT2D eigenvalue weighted by Gasteiger charge is -2.24. The molecule has 1 fully saturated rings. The summed E-state index contributed by atoms with van der Waals surface area (Å²) >= 11 is 0. The van der Waals surface area contributed by atoms with Crippen molar-refractivity contribution in [3.63, 3.8) is 0 Å². The standard InChI is InChI=1S/C17H27NO/c1-14(15-8-4-3-5-9-15)17(18-2)12-6-10-16-11-7-13-19-16/h3-5,8-9,14,16-18H,6-7,10-13H2,1-2H3. The van der Waals surface area contributed by atoms with Gasteiger partial charge in [-0.25, -0.2) is 0 Å². The largest absolute Gasteiger partial charge is 0.378 e. The van der Waals surface area contributed by atoms with Gasteiger partial charge in [-0.15, -0.1) is 0 Å². The summed E-state index contributed by atoms with van der Waals surface area (Å²) in [5, 5.41) is 3.48. The van der Waals surface area contributed by atoms with Gasteiger partial charge in [0.15, 0.2) is 0 Å². The van der Waals surface area contributed by atoms with E-state index in [9.17, 15) is 0 Å². The van der Waals surface area contributed by atoms with Gasteiger partial charge in [0.05, 0.1) is 6.10 Å². The molecule has 1 aliphatic rings. The van der Waals surface area contributed by atoms with Crippen molar-refractivity contribution in [2.24, 2.45) is 0 Å². The van der Waals surface area contributed by atoms with Crippen molar-refractivity contribution < 1.29 is 4.74 Å². The highest BCUT2D eigenvalue weighted by Gasteiger charge is 2.19. The Bertz CT molecular complexity index is 346. The Kier molecular flexibility index (Phi) is 5.87. The summed E-state index contributed by atoms with van der Waals surface area (Å²) in [5.74, 6) is 0.565. The zero-order valence-electron chi connectivity index (χ0n) is 12.3. The molecule has 2 nitrogen and oxygen atoms in total. The lowest BCUT2D eigenvalue weighted by Crippen LogP contribution is -2.31. The Balaban J connectivity index is 1.78. The van der Waals surface area contributed by atoms with E-state index in [4.69, 9.17) is 4.74 Å². The van der Waals surface area contributed by atoms with E-state index >= 15 is 0 Å². The molecule has 1 saturated heterocycles. The molecule has 1 N–H and O–H groups in total. The lowest BCUT2D eigenvalue weighted by molar-refractivity contribution is 0.101. The predicted molar refractivity (Wildman–Crippen MR) is 80.5 cm³/mol. The molecule has 3 atom stereocenters. The van der Waals surface area contributed by atoms with E-state index in [1.54, 1.807) is 0 Å². The number of hydrogen-bond acceptors (Lipinski definition) is 2. The van der Waals surface area contributed by atoms with Crippen LogP contribution < -0.4 is 5.32 Å². The van der Waals surface area contributed by atoms with Crippen LogP contribution in [0.4, 0.5) is 0 Å². The van der Waals surface area contributed by atoms with Crippen molar-refractivity contribution in [3.8, 4) is 0 Å². The van der Waals surface area contributed by atoms with Crippen LogP contribution in [-0.2, 0) is 4.74 Å². The third-order valence-electron chi connectivity index (χ3n) is 4.36. The molecule has 0 aromatic heterocycles. The van der Waals surface area contributed by atoms with Crippen LogP contribution >= 0.6 is 0 Å². The van der Waals surface area contributed by atoms with E-state index in [2.05, 4.69) is 49.6 Å². The second-order valence-corrected chi connectivity index (χ2v) is 5.66. The second kappa shape index (κ2) is 7.66. The van der Waals surface area contributed by atoms with Gasteiger partial charge in [-0.3, -0.25) is 0 Å². The Morgan fingerprint density at radius 1 is 1.32 bits per heavy atom. The van der Waals surface area contributed by atoms with Crippen molar-refractivity contribution in [3.05, 3.63) is 35.9 Å². The molecule has 19 heavy (non-hydrogen) atoms. The molecule has 1 aliphatic heterocycles. The van der Waals surface area contributed by atoms with E-state index in [1.807, 2.05) is 0 Å². The first-order chi connectivity index (χ1) is 9.31. The smallest absolute Gasteiger partial charge is 0.0576 e. The van der Waals surface area contributed by atoms with Crippen molar-refractivity contribution in [2.45, 2.75) is 57.1 Å². The monoisotopic (exact) mass is 261 g/mol. The molecule has 2 heteroatoms. The van der Waals surface area contributed by atoms with Gasteiger partial charge in [-0.05, 0) is 50.6 Å². The lowest BCUT2D eigenvalue weighted by atomic mass is 9.89. The minimum absolute atomic E-state index is 0.532. The molecular formula is C17H27NO. The molecule has 1 heterocycles. The van der Waals surface area contributed by atoms with Crippen LogP contribution in [0.25, 0.3) is 0 Å².